The summed E-state index contributed by atoms with van der Waals surface area (Å²) in [7, 11) is 0. The van der Waals surface area contributed by atoms with Gasteiger partial charge in [0.2, 0.25) is 0 Å². The van der Waals surface area contributed by atoms with E-state index in [0.717, 1.165) is 10.9 Å². The number of H-pyrrole nitrogens is 1. The molecule has 3 aromatic rings. The van der Waals surface area contributed by atoms with Crippen LogP contribution < -0.4 is 0 Å². The van der Waals surface area contributed by atoms with Crippen molar-refractivity contribution in [3.8, 4) is 0 Å². The van der Waals surface area contributed by atoms with Crippen molar-refractivity contribution in [3.63, 3.8) is 0 Å². The molecule has 1 aromatic carbocycles. The van der Waals surface area contributed by atoms with E-state index < -0.39 is 0 Å². The van der Waals surface area contributed by atoms with E-state index in [1.807, 2.05) is 0 Å². The fourth-order valence-corrected chi connectivity index (χ4v) is 2.26. The predicted molar refractivity (Wildman–Crippen MR) is 72.4 cm³/mol. The molecule has 0 saturated heterocycles. The highest BCUT2D eigenvalue weighted by Gasteiger charge is 2.13. The second kappa shape index (κ2) is 4.51. The summed E-state index contributed by atoms with van der Waals surface area (Å²) >= 11 is 6.08. The Labute approximate surface area is 113 Å². The summed E-state index contributed by atoms with van der Waals surface area (Å²) < 4.78 is 4.98. The van der Waals surface area contributed by atoms with Crippen LogP contribution >= 0.6 is 11.6 Å². The third kappa shape index (κ3) is 1.92. The first-order valence-corrected chi connectivity index (χ1v) is 6.17. The van der Waals surface area contributed by atoms with Crippen molar-refractivity contribution in [3.05, 3.63) is 35.2 Å². The Bertz CT molecular complexity index is 782. The molecule has 0 aliphatic heterocycles. The van der Waals surface area contributed by atoms with Crippen LogP contribution in [-0.4, -0.2) is 27.5 Å². The molecular weight excluding hydrogens is 266 g/mol. The van der Waals surface area contributed by atoms with E-state index in [9.17, 15) is 4.79 Å². The van der Waals surface area contributed by atoms with Crippen molar-refractivity contribution in [1.82, 2.24) is 15.0 Å². The molecule has 0 bridgehead atoms. The summed E-state index contributed by atoms with van der Waals surface area (Å²) in [6.45, 7) is 2.11. The molecular formula is C13H10ClN3O2. The number of aromatic amines is 1. The van der Waals surface area contributed by atoms with E-state index in [-0.39, 0.29) is 5.97 Å². The number of halogens is 1. The molecule has 0 aliphatic carbocycles. The van der Waals surface area contributed by atoms with E-state index in [1.165, 1.54) is 6.33 Å². The summed E-state index contributed by atoms with van der Waals surface area (Å²) in [5.74, 6) is -0.355. The number of hydrogen-bond acceptors (Lipinski definition) is 4. The number of aromatic nitrogens is 3. The minimum atomic E-state index is -0.355. The van der Waals surface area contributed by atoms with Crippen molar-refractivity contribution < 1.29 is 9.53 Å². The second-order valence-electron chi connectivity index (χ2n) is 3.99. The molecule has 6 heteroatoms. The van der Waals surface area contributed by atoms with Gasteiger partial charge in [-0.3, -0.25) is 0 Å². The second-order valence-corrected chi connectivity index (χ2v) is 4.35. The van der Waals surface area contributed by atoms with Crippen LogP contribution in [0.3, 0.4) is 0 Å². The number of nitrogens with zero attached hydrogens (tertiary/aromatic N) is 2. The number of carbonyl (C=O) groups excluding carboxylic acids is 1. The van der Waals surface area contributed by atoms with Gasteiger partial charge in [0, 0.05) is 10.9 Å². The fraction of sp³-hybridized carbons (Fsp3) is 0.154. The van der Waals surface area contributed by atoms with Gasteiger partial charge in [0.15, 0.2) is 0 Å². The molecule has 0 spiro atoms. The van der Waals surface area contributed by atoms with Gasteiger partial charge in [-0.2, -0.15) is 0 Å². The normalized spacial score (nSPS) is 11.1. The lowest BCUT2D eigenvalue weighted by atomic mass is 10.1. The van der Waals surface area contributed by atoms with Crippen molar-refractivity contribution >= 4 is 39.5 Å². The van der Waals surface area contributed by atoms with Crippen molar-refractivity contribution in [2.75, 3.05) is 6.61 Å². The van der Waals surface area contributed by atoms with E-state index in [0.29, 0.717) is 28.4 Å². The first-order valence-electron chi connectivity index (χ1n) is 5.79. The largest absolute Gasteiger partial charge is 0.462 e. The first-order chi connectivity index (χ1) is 9.20. The molecule has 0 atom stereocenters. The maximum Gasteiger partial charge on any atom is 0.338 e. The number of fused-ring (bicyclic) bond motifs is 3. The lowest BCUT2D eigenvalue weighted by Crippen LogP contribution is -2.03. The number of carbonyl (C=O) groups is 1. The van der Waals surface area contributed by atoms with Crippen LogP contribution in [0.25, 0.3) is 21.9 Å². The summed E-state index contributed by atoms with van der Waals surface area (Å²) in [5.41, 5.74) is 1.98. The van der Waals surface area contributed by atoms with E-state index >= 15 is 0 Å². The maximum atomic E-state index is 11.7. The Morgan fingerprint density at radius 1 is 1.42 bits per heavy atom. The monoisotopic (exact) mass is 275 g/mol. The zero-order valence-corrected chi connectivity index (χ0v) is 10.9. The maximum absolute atomic E-state index is 11.7. The Kier molecular flexibility index (Phi) is 2.83. The molecule has 2 heterocycles. The standard InChI is InChI=1S/C13H10ClN3O2/c1-2-19-13(18)7-3-4-9-8(5-7)10-11(14)15-6-16-12(10)17-9/h3-6H,2H2,1H3,(H,15,16,17). The first kappa shape index (κ1) is 11.9. The minimum absolute atomic E-state index is 0.342. The molecule has 96 valence electrons. The summed E-state index contributed by atoms with van der Waals surface area (Å²) in [4.78, 5) is 22.9. The predicted octanol–water partition coefficient (Wildman–Crippen LogP) is 2.94. The Morgan fingerprint density at radius 2 is 2.26 bits per heavy atom. The van der Waals surface area contributed by atoms with Crippen molar-refractivity contribution in [2.24, 2.45) is 0 Å². The number of benzene rings is 1. The van der Waals surface area contributed by atoms with E-state index in [1.54, 1.807) is 25.1 Å². The van der Waals surface area contributed by atoms with Gasteiger partial charge in [-0.1, -0.05) is 11.6 Å². The van der Waals surface area contributed by atoms with Crippen LogP contribution in [0.2, 0.25) is 5.15 Å². The molecule has 5 nitrogen and oxygen atoms in total. The Balaban J connectivity index is 2.26. The number of hydrogen-bond donors (Lipinski definition) is 1. The fourth-order valence-electron chi connectivity index (χ4n) is 2.03. The van der Waals surface area contributed by atoms with Gasteiger partial charge in [0.1, 0.15) is 17.1 Å². The van der Waals surface area contributed by atoms with Gasteiger partial charge in [0.25, 0.3) is 0 Å². The zero-order valence-electron chi connectivity index (χ0n) is 10.1. The number of esters is 1. The van der Waals surface area contributed by atoms with Crippen LogP contribution in [0.5, 0.6) is 0 Å². The molecule has 0 aliphatic rings. The van der Waals surface area contributed by atoms with Crippen LogP contribution in [0.1, 0.15) is 17.3 Å². The van der Waals surface area contributed by atoms with Crippen LogP contribution in [0.4, 0.5) is 0 Å². The van der Waals surface area contributed by atoms with Gasteiger partial charge in [0.05, 0.1) is 17.6 Å². The van der Waals surface area contributed by atoms with Crippen LogP contribution in [-0.2, 0) is 4.74 Å². The van der Waals surface area contributed by atoms with Gasteiger partial charge in [-0.05, 0) is 25.1 Å². The molecule has 1 N–H and O–H groups in total. The Morgan fingerprint density at radius 3 is 3.05 bits per heavy atom. The summed E-state index contributed by atoms with van der Waals surface area (Å²) in [5, 5.41) is 1.88. The molecule has 0 unspecified atom stereocenters. The molecule has 0 amide bonds. The van der Waals surface area contributed by atoms with E-state index in [2.05, 4.69) is 15.0 Å². The summed E-state index contributed by atoms with van der Waals surface area (Å²) in [6.07, 6.45) is 1.40. The number of nitrogens with one attached hydrogen (secondary N) is 1. The van der Waals surface area contributed by atoms with Gasteiger partial charge in [-0.15, -0.1) is 0 Å². The molecule has 0 saturated carbocycles. The molecule has 19 heavy (non-hydrogen) atoms. The molecule has 0 fully saturated rings. The highest BCUT2D eigenvalue weighted by Crippen LogP contribution is 2.29. The van der Waals surface area contributed by atoms with Crippen molar-refractivity contribution in [1.29, 1.82) is 0 Å². The van der Waals surface area contributed by atoms with Crippen LogP contribution in [0.15, 0.2) is 24.5 Å². The van der Waals surface area contributed by atoms with Gasteiger partial charge in [-0.25, -0.2) is 14.8 Å². The number of ether oxygens (including phenoxy) is 1. The van der Waals surface area contributed by atoms with Gasteiger partial charge < -0.3 is 9.72 Å². The van der Waals surface area contributed by atoms with Gasteiger partial charge >= 0.3 is 5.97 Å². The van der Waals surface area contributed by atoms with Crippen molar-refractivity contribution in [2.45, 2.75) is 6.92 Å². The quantitative estimate of drug-likeness (QED) is 0.577. The third-order valence-electron chi connectivity index (χ3n) is 2.85. The lowest BCUT2D eigenvalue weighted by Gasteiger charge is -2.01. The smallest absolute Gasteiger partial charge is 0.338 e. The average molecular weight is 276 g/mol. The molecule has 0 radical (unpaired) electrons. The average Bonchev–Trinajstić information content (AvgIpc) is 2.77. The minimum Gasteiger partial charge on any atom is -0.462 e. The highest BCUT2D eigenvalue weighted by molar-refractivity contribution is 6.36. The van der Waals surface area contributed by atoms with Crippen LogP contribution in [0, 0.1) is 0 Å². The highest BCUT2D eigenvalue weighted by atomic mass is 35.5. The Hall–Kier alpha value is -2.14. The summed E-state index contributed by atoms with van der Waals surface area (Å²) in [6, 6.07) is 5.25. The third-order valence-corrected chi connectivity index (χ3v) is 3.14. The molecule has 3 rings (SSSR count). The molecule has 2 aromatic heterocycles. The van der Waals surface area contributed by atoms with E-state index in [4.69, 9.17) is 16.3 Å². The zero-order chi connectivity index (χ0) is 13.4. The number of rotatable bonds is 2. The lowest BCUT2D eigenvalue weighted by molar-refractivity contribution is 0.0526. The SMILES string of the molecule is CCOC(=O)c1ccc2[nH]c3ncnc(Cl)c3c2c1. The topological polar surface area (TPSA) is 67.9 Å².